The van der Waals surface area contributed by atoms with Gasteiger partial charge in [-0.15, -0.1) is 18.2 Å². The van der Waals surface area contributed by atoms with Crippen molar-refractivity contribution in [2.75, 3.05) is 24.3 Å². The molecule has 5 N–H and O–H groups in total. The molecule has 0 amide bonds. The molecule has 0 bridgehead atoms. The van der Waals surface area contributed by atoms with Crippen LogP contribution in [-0.4, -0.2) is 42.2 Å². The SMILES string of the molecule is C#CC(CO)(CCn1cnc2nc(N)nc(N)c21)SC. The number of rotatable bonds is 5. The monoisotopic (exact) mass is 292 g/mol. The maximum Gasteiger partial charge on any atom is 0.224 e. The van der Waals surface area contributed by atoms with Gasteiger partial charge in [-0.25, -0.2) is 4.98 Å². The fraction of sp³-hybridized carbons (Fsp3) is 0.417. The number of aliphatic hydroxyl groups is 1. The lowest BCUT2D eigenvalue weighted by molar-refractivity contribution is 0.264. The lowest BCUT2D eigenvalue weighted by Gasteiger charge is -2.23. The second kappa shape index (κ2) is 5.56. The largest absolute Gasteiger partial charge is 0.394 e. The molecule has 1 atom stereocenters. The zero-order chi connectivity index (χ0) is 14.8. The molecule has 20 heavy (non-hydrogen) atoms. The molecule has 0 saturated carbocycles. The van der Waals surface area contributed by atoms with Gasteiger partial charge in [-0.05, 0) is 12.7 Å². The smallest absolute Gasteiger partial charge is 0.224 e. The summed E-state index contributed by atoms with van der Waals surface area (Å²) >= 11 is 1.45. The van der Waals surface area contributed by atoms with Gasteiger partial charge in [0.2, 0.25) is 5.95 Å². The lowest BCUT2D eigenvalue weighted by Crippen LogP contribution is -2.28. The summed E-state index contributed by atoms with van der Waals surface area (Å²) in [5, 5.41) is 9.46. The van der Waals surface area contributed by atoms with E-state index >= 15 is 0 Å². The van der Waals surface area contributed by atoms with Crippen molar-refractivity contribution in [3.63, 3.8) is 0 Å². The van der Waals surface area contributed by atoms with Crippen LogP contribution in [0.15, 0.2) is 6.33 Å². The summed E-state index contributed by atoms with van der Waals surface area (Å²) in [5.41, 5.74) is 12.5. The number of aliphatic hydroxyl groups excluding tert-OH is 1. The van der Waals surface area contributed by atoms with Crippen LogP contribution in [0.1, 0.15) is 6.42 Å². The molecule has 1 unspecified atom stereocenters. The number of fused-ring (bicyclic) bond motifs is 1. The third-order valence-corrected chi connectivity index (χ3v) is 4.41. The van der Waals surface area contributed by atoms with Crippen molar-refractivity contribution >= 4 is 34.7 Å². The minimum atomic E-state index is -0.611. The van der Waals surface area contributed by atoms with Crippen LogP contribution in [0.25, 0.3) is 11.2 Å². The van der Waals surface area contributed by atoms with Crippen LogP contribution in [0, 0.1) is 12.3 Å². The molecule has 7 nitrogen and oxygen atoms in total. The standard InChI is InChI=1S/C12H16N6OS/c1-3-12(6-19,20-2)4-5-18-7-15-10-8(18)9(13)16-11(14)17-10/h1,7,19H,4-6H2,2H3,(H4,13,14,16,17). The topological polar surface area (TPSA) is 116 Å². The van der Waals surface area contributed by atoms with Gasteiger partial charge < -0.3 is 21.1 Å². The number of nitrogens with zero attached hydrogens (tertiary/aromatic N) is 4. The number of nitrogen functional groups attached to an aromatic ring is 2. The highest BCUT2D eigenvalue weighted by molar-refractivity contribution is 8.00. The van der Waals surface area contributed by atoms with Gasteiger partial charge >= 0.3 is 0 Å². The van der Waals surface area contributed by atoms with Crippen LogP contribution >= 0.6 is 11.8 Å². The molecule has 0 spiro atoms. The number of thioether (sulfide) groups is 1. The van der Waals surface area contributed by atoms with E-state index in [1.54, 1.807) is 6.33 Å². The zero-order valence-corrected chi connectivity index (χ0v) is 11.9. The summed E-state index contributed by atoms with van der Waals surface area (Å²) in [4.78, 5) is 12.1. The molecule has 0 aliphatic carbocycles. The van der Waals surface area contributed by atoms with E-state index in [0.29, 0.717) is 24.1 Å². The Morgan fingerprint density at radius 2 is 2.25 bits per heavy atom. The fourth-order valence-electron chi connectivity index (χ4n) is 1.92. The fourth-order valence-corrected chi connectivity index (χ4v) is 2.46. The molecule has 2 rings (SSSR count). The summed E-state index contributed by atoms with van der Waals surface area (Å²) in [7, 11) is 0. The second-order valence-corrected chi connectivity index (χ2v) is 5.52. The first-order chi connectivity index (χ1) is 9.55. The normalized spacial score (nSPS) is 14.1. The van der Waals surface area contributed by atoms with Crippen LogP contribution in [0.5, 0.6) is 0 Å². The number of terminal acetylenes is 1. The first kappa shape index (κ1) is 14.4. The van der Waals surface area contributed by atoms with E-state index in [1.165, 1.54) is 11.8 Å². The molecule has 2 aromatic heterocycles. The van der Waals surface area contributed by atoms with Crippen molar-refractivity contribution in [2.45, 2.75) is 17.7 Å². The molecule has 2 heterocycles. The number of nitrogens with two attached hydrogens (primary N) is 2. The first-order valence-electron chi connectivity index (χ1n) is 5.93. The Hall–Kier alpha value is -1.98. The maximum absolute atomic E-state index is 9.46. The summed E-state index contributed by atoms with van der Waals surface area (Å²) in [5.74, 6) is 3.02. The van der Waals surface area contributed by atoms with E-state index < -0.39 is 4.75 Å². The van der Waals surface area contributed by atoms with Gasteiger partial charge in [0.05, 0.1) is 12.9 Å². The van der Waals surface area contributed by atoms with Crippen molar-refractivity contribution < 1.29 is 5.11 Å². The van der Waals surface area contributed by atoms with Gasteiger partial charge in [-0.1, -0.05) is 5.92 Å². The van der Waals surface area contributed by atoms with Gasteiger partial charge in [0.1, 0.15) is 10.3 Å². The molecule has 0 radical (unpaired) electrons. The molecule has 0 saturated heterocycles. The molecule has 0 aromatic carbocycles. The molecule has 106 valence electrons. The van der Waals surface area contributed by atoms with Crippen LogP contribution in [0.4, 0.5) is 11.8 Å². The maximum atomic E-state index is 9.46. The van der Waals surface area contributed by atoms with Crippen molar-refractivity contribution in [1.29, 1.82) is 0 Å². The average Bonchev–Trinajstić information content (AvgIpc) is 2.84. The Labute approximate surface area is 120 Å². The van der Waals surface area contributed by atoms with E-state index in [1.807, 2.05) is 10.8 Å². The number of aryl methyl sites for hydroxylation is 1. The molecule has 0 aliphatic rings. The minimum absolute atomic E-state index is 0.0871. The number of hydrogen-bond donors (Lipinski definition) is 3. The average molecular weight is 292 g/mol. The van der Waals surface area contributed by atoms with E-state index in [0.717, 1.165) is 0 Å². The van der Waals surface area contributed by atoms with Crippen molar-refractivity contribution in [2.24, 2.45) is 0 Å². The van der Waals surface area contributed by atoms with Crippen LogP contribution in [0.2, 0.25) is 0 Å². The third kappa shape index (κ3) is 2.50. The molecular formula is C12H16N6OS. The van der Waals surface area contributed by atoms with Crippen LogP contribution in [0.3, 0.4) is 0 Å². The molecule has 2 aromatic rings. The van der Waals surface area contributed by atoms with Gasteiger partial charge in [0, 0.05) is 6.54 Å². The van der Waals surface area contributed by atoms with Crippen LogP contribution < -0.4 is 11.5 Å². The molecular weight excluding hydrogens is 276 g/mol. The van der Waals surface area contributed by atoms with Gasteiger partial charge in [0.15, 0.2) is 11.5 Å². The Balaban J connectivity index is 2.30. The molecule has 8 heteroatoms. The highest BCUT2D eigenvalue weighted by atomic mass is 32.2. The highest BCUT2D eigenvalue weighted by Gasteiger charge is 2.26. The quantitative estimate of drug-likeness (QED) is 0.670. The Kier molecular flexibility index (Phi) is 4.01. The number of hydrogen-bond acceptors (Lipinski definition) is 7. The van der Waals surface area contributed by atoms with Crippen LogP contribution in [-0.2, 0) is 6.54 Å². The number of imidazole rings is 1. The summed E-state index contributed by atoms with van der Waals surface area (Å²) in [6.45, 7) is 0.468. The predicted molar refractivity (Wildman–Crippen MR) is 80.9 cm³/mol. The Morgan fingerprint density at radius 3 is 2.85 bits per heavy atom. The number of aromatic nitrogens is 4. The Bertz CT molecular complexity index is 658. The second-order valence-electron chi connectivity index (χ2n) is 4.33. The highest BCUT2D eigenvalue weighted by Crippen LogP contribution is 2.27. The van der Waals surface area contributed by atoms with Crippen molar-refractivity contribution in [1.82, 2.24) is 19.5 Å². The minimum Gasteiger partial charge on any atom is -0.394 e. The van der Waals surface area contributed by atoms with Gasteiger partial charge in [-0.3, -0.25) is 0 Å². The molecule has 0 aliphatic heterocycles. The summed E-state index contributed by atoms with van der Waals surface area (Å²) in [6, 6.07) is 0. The van der Waals surface area contributed by atoms with E-state index in [2.05, 4.69) is 20.9 Å². The van der Waals surface area contributed by atoms with E-state index in [4.69, 9.17) is 17.9 Å². The van der Waals surface area contributed by atoms with Gasteiger partial charge in [0.25, 0.3) is 0 Å². The third-order valence-electron chi connectivity index (χ3n) is 3.18. The van der Waals surface area contributed by atoms with Crippen molar-refractivity contribution in [3.8, 4) is 12.3 Å². The van der Waals surface area contributed by atoms with E-state index in [9.17, 15) is 5.11 Å². The number of anilines is 2. The molecule has 0 fully saturated rings. The predicted octanol–water partition coefficient (Wildman–Crippen LogP) is 0.108. The summed E-state index contributed by atoms with van der Waals surface area (Å²) < 4.78 is 1.21. The van der Waals surface area contributed by atoms with Gasteiger partial charge in [-0.2, -0.15) is 9.97 Å². The van der Waals surface area contributed by atoms with Crippen molar-refractivity contribution in [3.05, 3.63) is 6.33 Å². The Morgan fingerprint density at radius 1 is 1.50 bits per heavy atom. The van der Waals surface area contributed by atoms with E-state index in [-0.39, 0.29) is 18.4 Å². The zero-order valence-electron chi connectivity index (χ0n) is 11.1. The lowest BCUT2D eigenvalue weighted by atomic mass is 10.1. The summed E-state index contributed by atoms with van der Waals surface area (Å²) in [6.07, 6.45) is 9.58. The first-order valence-corrected chi connectivity index (χ1v) is 7.15.